The van der Waals surface area contributed by atoms with Crippen LogP contribution in [0.5, 0.6) is 5.75 Å². The standard InChI is InChI=1S/C15H26N2O/c1-5-12(3)10-17(4)11-13-9-14(16)7-8-15(13)18-6-2/h7-9,12H,5-6,10-11,16H2,1-4H3. The fourth-order valence-electron chi connectivity index (χ4n) is 2.04. The average molecular weight is 250 g/mol. The molecule has 0 bridgehead atoms. The third kappa shape index (κ3) is 4.57. The van der Waals surface area contributed by atoms with Crippen LogP contribution in [-0.2, 0) is 6.54 Å². The van der Waals surface area contributed by atoms with E-state index in [-0.39, 0.29) is 0 Å². The van der Waals surface area contributed by atoms with Crippen molar-refractivity contribution in [3.8, 4) is 5.75 Å². The molecule has 3 heteroatoms. The third-order valence-electron chi connectivity index (χ3n) is 3.14. The first-order chi connectivity index (χ1) is 8.56. The molecule has 0 spiro atoms. The molecule has 1 unspecified atom stereocenters. The molecule has 0 saturated heterocycles. The molecule has 0 aliphatic carbocycles. The van der Waals surface area contributed by atoms with Crippen molar-refractivity contribution < 1.29 is 4.74 Å². The number of nitrogens with zero attached hydrogens (tertiary/aromatic N) is 1. The Labute approximate surface area is 111 Å². The topological polar surface area (TPSA) is 38.5 Å². The number of nitrogen functional groups attached to an aromatic ring is 1. The second kappa shape index (κ2) is 7.27. The zero-order valence-corrected chi connectivity index (χ0v) is 12.1. The predicted molar refractivity (Wildman–Crippen MR) is 77.8 cm³/mol. The molecule has 0 fully saturated rings. The van der Waals surface area contributed by atoms with Crippen LogP contribution in [0.2, 0.25) is 0 Å². The van der Waals surface area contributed by atoms with Crippen molar-refractivity contribution in [2.45, 2.75) is 33.7 Å². The van der Waals surface area contributed by atoms with Crippen LogP contribution in [0.15, 0.2) is 18.2 Å². The third-order valence-corrected chi connectivity index (χ3v) is 3.14. The highest BCUT2D eigenvalue weighted by Crippen LogP contribution is 2.23. The number of hydrogen-bond donors (Lipinski definition) is 1. The largest absolute Gasteiger partial charge is 0.494 e. The smallest absolute Gasteiger partial charge is 0.123 e. The Bertz CT molecular complexity index is 366. The van der Waals surface area contributed by atoms with Gasteiger partial charge in [-0.05, 0) is 38.1 Å². The van der Waals surface area contributed by atoms with Crippen LogP contribution in [0.1, 0.15) is 32.8 Å². The molecular weight excluding hydrogens is 224 g/mol. The van der Waals surface area contributed by atoms with Crippen molar-refractivity contribution in [3.05, 3.63) is 23.8 Å². The molecule has 0 amide bonds. The van der Waals surface area contributed by atoms with Crippen molar-refractivity contribution in [1.82, 2.24) is 4.90 Å². The van der Waals surface area contributed by atoms with Gasteiger partial charge in [-0.1, -0.05) is 20.3 Å². The van der Waals surface area contributed by atoms with Gasteiger partial charge >= 0.3 is 0 Å². The number of nitrogens with two attached hydrogens (primary N) is 1. The second-order valence-electron chi connectivity index (χ2n) is 5.01. The van der Waals surface area contributed by atoms with Crippen LogP contribution in [-0.4, -0.2) is 25.1 Å². The number of anilines is 1. The summed E-state index contributed by atoms with van der Waals surface area (Å²) < 4.78 is 5.64. The molecule has 0 aliphatic heterocycles. The van der Waals surface area contributed by atoms with Gasteiger partial charge in [0.1, 0.15) is 5.75 Å². The molecule has 0 heterocycles. The summed E-state index contributed by atoms with van der Waals surface area (Å²) in [6, 6.07) is 5.87. The van der Waals surface area contributed by atoms with Gasteiger partial charge in [0.15, 0.2) is 0 Å². The van der Waals surface area contributed by atoms with Gasteiger partial charge in [0.25, 0.3) is 0 Å². The number of ether oxygens (including phenoxy) is 1. The van der Waals surface area contributed by atoms with E-state index < -0.39 is 0 Å². The molecule has 18 heavy (non-hydrogen) atoms. The van der Waals surface area contributed by atoms with Crippen LogP contribution in [0, 0.1) is 5.92 Å². The number of benzene rings is 1. The number of hydrogen-bond acceptors (Lipinski definition) is 3. The molecular formula is C15H26N2O. The highest BCUT2D eigenvalue weighted by Gasteiger charge is 2.09. The van der Waals surface area contributed by atoms with Gasteiger partial charge in [0.05, 0.1) is 6.61 Å². The summed E-state index contributed by atoms with van der Waals surface area (Å²) in [4.78, 5) is 2.32. The maximum Gasteiger partial charge on any atom is 0.123 e. The molecule has 1 aromatic carbocycles. The van der Waals surface area contributed by atoms with Crippen molar-refractivity contribution >= 4 is 5.69 Å². The minimum absolute atomic E-state index is 0.687. The highest BCUT2D eigenvalue weighted by molar-refractivity contribution is 5.47. The molecule has 0 aliphatic rings. The van der Waals surface area contributed by atoms with E-state index in [4.69, 9.17) is 10.5 Å². The van der Waals surface area contributed by atoms with Crippen LogP contribution < -0.4 is 10.5 Å². The first-order valence-electron chi connectivity index (χ1n) is 6.76. The lowest BCUT2D eigenvalue weighted by Crippen LogP contribution is -2.24. The van der Waals surface area contributed by atoms with Gasteiger partial charge in [0, 0.05) is 24.3 Å². The summed E-state index contributed by atoms with van der Waals surface area (Å²) >= 11 is 0. The zero-order valence-electron chi connectivity index (χ0n) is 12.1. The quantitative estimate of drug-likeness (QED) is 0.756. The van der Waals surface area contributed by atoms with E-state index in [9.17, 15) is 0 Å². The molecule has 1 aromatic rings. The van der Waals surface area contributed by atoms with Crippen molar-refractivity contribution in [1.29, 1.82) is 0 Å². The van der Waals surface area contributed by atoms with Crippen LogP contribution >= 0.6 is 0 Å². The van der Waals surface area contributed by atoms with E-state index >= 15 is 0 Å². The minimum Gasteiger partial charge on any atom is -0.494 e. The van der Waals surface area contributed by atoms with Crippen LogP contribution in [0.4, 0.5) is 5.69 Å². The second-order valence-corrected chi connectivity index (χ2v) is 5.01. The fraction of sp³-hybridized carbons (Fsp3) is 0.600. The van der Waals surface area contributed by atoms with Gasteiger partial charge in [-0.2, -0.15) is 0 Å². The summed E-state index contributed by atoms with van der Waals surface area (Å²) in [6.07, 6.45) is 1.21. The van der Waals surface area contributed by atoms with E-state index in [1.165, 1.54) is 12.0 Å². The molecule has 1 atom stereocenters. The fourth-order valence-corrected chi connectivity index (χ4v) is 2.04. The average Bonchev–Trinajstić information content (AvgIpc) is 2.32. The monoisotopic (exact) mass is 250 g/mol. The Hall–Kier alpha value is -1.22. The van der Waals surface area contributed by atoms with E-state index in [1.807, 2.05) is 25.1 Å². The number of rotatable bonds is 7. The van der Waals surface area contributed by atoms with E-state index in [0.29, 0.717) is 12.5 Å². The van der Waals surface area contributed by atoms with Crippen LogP contribution in [0.3, 0.4) is 0 Å². The summed E-state index contributed by atoms with van der Waals surface area (Å²) in [6.45, 7) is 9.17. The molecule has 3 nitrogen and oxygen atoms in total. The molecule has 0 aromatic heterocycles. The van der Waals surface area contributed by atoms with Crippen molar-refractivity contribution in [3.63, 3.8) is 0 Å². The first-order valence-corrected chi connectivity index (χ1v) is 6.76. The summed E-state index contributed by atoms with van der Waals surface area (Å²) in [5.74, 6) is 1.66. The normalized spacial score (nSPS) is 12.7. The maximum absolute atomic E-state index is 5.85. The summed E-state index contributed by atoms with van der Waals surface area (Å²) in [5.41, 5.74) is 7.82. The molecule has 102 valence electrons. The lowest BCUT2D eigenvalue weighted by molar-refractivity contribution is 0.266. The first kappa shape index (κ1) is 14.8. The SMILES string of the molecule is CCOc1ccc(N)cc1CN(C)CC(C)CC. The lowest BCUT2D eigenvalue weighted by Gasteiger charge is -2.22. The van der Waals surface area contributed by atoms with Crippen molar-refractivity contribution in [2.24, 2.45) is 5.92 Å². The van der Waals surface area contributed by atoms with Gasteiger partial charge in [-0.25, -0.2) is 0 Å². The highest BCUT2D eigenvalue weighted by atomic mass is 16.5. The molecule has 0 saturated carbocycles. The van der Waals surface area contributed by atoms with E-state index in [0.717, 1.165) is 24.5 Å². The Morgan fingerprint density at radius 3 is 2.67 bits per heavy atom. The van der Waals surface area contributed by atoms with Crippen LogP contribution in [0.25, 0.3) is 0 Å². The summed E-state index contributed by atoms with van der Waals surface area (Å²) in [5, 5.41) is 0. The predicted octanol–water partition coefficient (Wildman–Crippen LogP) is 3.15. The summed E-state index contributed by atoms with van der Waals surface area (Å²) in [7, 11) is 2.14. The van der Waals surface area contributed by atoms with Gasteiger partial charge in [-0.3, -0.25) is 0 Å². The van der Waals surface area contributed by atoms with Gasteiger partial charge < -0.3 is 15.4 Å². The van der Waals surface area contributed by atoms with E-state index in [1.54, 1.807) is 0 Å². The van der Waals surface area contributed by atoms with Gasteiger partial charge in [0.2, 0.25) is 0 Å². The zero-order chi connectivity index (χ0) is 13.5. The van der Waals surface area contributed by atoms with E-state index in [2.05, 4.69) is 25.8 Å². The molecule has 2 N–H and O–H groups in total. The Kier molecular flexibility index (Phi) is 5.99. The molecule has 1 rings (SSSR count). The Morgan fingerprint density at radius 2 is 2.06 bits per heavy atom. The Balaban J connectivity index is 2.72. The van der Waals surface area contributed by atoms with Crippen molar-refractivity contribution in [2.75, 3.05) is 25.9 Å². The maximum atomic E-state index is 5.85. The van der Waals surface area contributed by atoms with Gasteiger partial charge in [-0.15, -0.1) is 0 Å². The molecule has 0 radical (unpaired) electrons. The lowest BCUT2D eigenvalue weighted by atomic mass is 10.1. The minimum atomic E-state index is 0.687. The Morgan fingerprint density at radius 1 is 1.33 bits per heavy atom.